The first-order chi connectivity index (χ1) is 8.56. The largest absolute Gasteiger partial charge is 0.476 e. The molecule has 0 aliphatic carbocycles. The number of aromatic nitrogens is 2. The molecule has 5 heteroatoms. The molecule has 0 aromatic carbocycles. The van der Waals surface area contributed by atoms with Crippen molar-refractivity contribution < 1.29 is 4.74 Å². The Hall–Kier alpha value is -1.36. The van der Waals surface area contributed by atoms with Crippen LogP contribution in [0.4, 0.5) is 0 Å². The van der Waals surface area contributed by atoms with E-state index < -0.39 is 0 Å². The Kier molecular flexibility index (Phi) is 5.85. The van der Waals surface area contributed by atoms with E-state index in [4.69, 9.17) is 4.74 Å². The van der Waals surface area contributed by atoms with Crippen LogP contribution in [-0.4, -0.2) is 41.1 Å². The van der Waals surface area contributed by atoms with Crippen LogP contribution in [0, 0.1) is 0 Å². The minimum atomic E-state index is -0.161. The first-order valence-corrected chi connectivity index (χ1v) is 6.53. The summed E-state index contributed by atoms with van der Waals surface area (Å²) >= 11 is 0. The van der Waals surface area contributed by atoms with Crippen LogP contribution in [0.25, 0.3) is 0 Å². The number of nitrogens with zero attached hydrogens (tertiary/aromatic N) is 2. The summed E-state index contributed by atoms with van der Waals surface area (Å²) in [4.78, 5) is 20.7. The number of ether oxygens (including phenoxy) is 1. The molecule has 0 saturated carbocycles. The Balaban J connectivity index is 2.59. The lowest BCUT2D eigenvalue weighted by Crippen LogP contribution is -2.28. The maximum absolute atomic E-state index is 11.4. The fourth-order valence-electron chi connectivity index (χ4n) is 1.62. The highest BCUT2D eigenvalue weighted by molar-refractivity contribution is 5.10. The van der Waals surface area contributed by atoms with Crippen LogP contribution < -0.4 is 10.3 Å². The van der Waals surface area contributed by atoms with E-state index in [9.17, 15) is 4.79 Å². The highest BCUT2D eigenvalue weighted by Crippen LogP contribution is 2.10. The van der Waals surface area contributed by atoms with Gasteiger partial charge in [-0.2, -0.15) is 4.98 Å². The van der Waals surface area contributed by atoms with Crippen molar-refractivity contribution in [3.05, 3.63) is 22.2 Å². The van der Waals surface area contributed by atoms with E-state index in [1.54, 1.807) is 0 Å². The van der Waals surface area contributed by atoms with Crippen LogP contribution in [0.3, 0.4) is 0 Å². The molecule has 0 aliphatic rings. The van der Waals surface area contributed by atoms with Crippen molar-refractivity contribution in [2.75, 3.05) is 26.2 Å². The Morgan fingerprint density at radius 1 is 1.39 bits per heavy atom. The van der Waals surface area contributed by atoms with Gasteiger partial charge in [0.1, 0.15) is 12.4 Å². The third kappa shape index (κ3) is 4.49. The van der Waals surface area contributed by atoms with Crippen LogP contribution >= 0.6 is 0 Å². The zero-order valence-corrected chi connectivity index (χ0v) is 11.7. The SMILES string of the molecule is CCN(CC)CCOc1cc(=O)[nH]c(C(C)C)n1. The van der Waals surface area contributed by atoms with Gasteiger partial charge in [0.2, 0.25) is 5.88 Å². The average molecular weight is 253 g/mol. The monoisotopic (exact) mass is 253 g/mol. The normalized spacial score (nSPS) is 11.2. The van der Waals surface area contributed by atoms with Gasteiger partial charge in [-0.25, -0.2) is 0 Å². The predicted octanol–water partition coefficient (Wildman–Crippen LogP) is 1.61. The molecule has 0 spiro atoms. The summed E-state index contributed by atoms with van der Waals surface area (Å²) in [5.74, 6) is 1.26. The van der Waals surface area contributed by atoms with Gasteiger partial charge in [-0.3, -0.25) is 4.79 Å². The van der Waals surface area contributed by atoms with Gasteiger partial charge >= 0.3 is 0 Å². The van der Waals surface area contributed by atoms with Crippen molar-refractivity contribution in [3.8, 4) is 5.88 Å². The molecule has 18 heavy (non-hydrogen) atoms. The van der Waals surface area contributed by atoms with Gasteiger partial charge < -0.3 is 14.6 Å². The molecule has 1 N–H and O–H groups in total. The van der Waals surface area contributed by atoms with Gasteiger partial charge in [0.15, 0.2) is 0 Å². The molecule has 0 aliphatic heterocycles. The van der Waals surface area contributed by atoms with Crippen LogP contribution in [0.1, 0.15) is 39.4 Å². The van der Waals surface area contributed by atoms with E-state index in [0.29, 0.717) is 18.3 Å². The number of nitrogens with one attached hydrogen (secondary N) is 1. The number of aromatic amines is 1. The zero-order chi connectivity index (χ0) is 13.5. The zero-order valence-electron chi connectivity index (χ0n) is 11.7. The Labute approximate surface area is 108 Å². The first kappa shape index (κ1) is 14.7. The van der Waals surface area contributed by atoms with Crippen molar-refractivity contribution >= 4 is 0 Å². The molecule has 0 atom stereocenters. The molecule has 0 unspecified atom stereocenters. The topological polar surface area (TPSA) is 58.2 Å². The Morgan fingerprint density at radius 3 is 2.61 bits per heavy atom. The number of rotatable bonds is 7. The van der Waals surface area contributed by atoms with Crippen LogP contribution in [0.2, 0.25) is 0 Å². The minimum Gasteiger partial charge on any atom is -0.476 e. The molecule has 1 aromatic rings. The van der Waals surface area contributed by atoms with E-state index >= 15 is 0 Å². The lowest BCUT2D eigenvalue weighted by Gasteiger charge is -2.17. The third-order valence-electron chi connectivity index (χ3n) is 2.84. The number of likely N-dealkylation sites (N-methyl/N-ethyl adjacent to an activating group) is 1. The van der Waals surface area contributed by atoms with E-state index in [-0.39, 0.29) is 11.5 Å². The van der Waals surface area contributed by atoms with Gasteiger partial charge in [0.25, 0.3) is 5.56 Å². The highest BCUT2D eigenvalue weighted by Gasteiger charge is 2.06. The van der Waals surface area contributed by atoms with Crippen LogP contribution in [0.5, 0.6) is 5.88 Å². The van der Waals surface area contributed by atoms with Crippen molar-refractivity contribution in [2.24, 2.45) is 0 Å². The second-order valence-electron chi connectivity index (χ2n) is 4.50. The fourth-order valence-corrected chi connectivity index (χ4v) is 1.62. The van der Waals surface area contributed by atoms with Crippen molar-refractivity contribution in [1.82, 2.24) is 14.9 Å². The molecule has 0 bridgehead atoms. The third-order valence-corrected chi connectivity index (χ3v) is 2.84. The molecule has 0 fully saturated rings. The van der Waals surface area contributed by atoms with E-state index in [0.717, 1.165) is 19.6 Å². The summed E-state index contributed by atoms with van der Waals surface area (Å²) in [7, 11) is 0. The van der Waals surface area contributed by atoms with Crippen LogP contribution in [0.15, 0.2) is 10.9 Å². The van der Waals surface area contributed by atoms with E-state index in [1.807, 2.05) is 13.8 Å². The second kappa shape index (κ2) is 7.16. The summed E-state index contributed by atoms with van der Waals surface area (Å²) in [6.45, 7) is 11.6. The average Bonchev–Trinajstić information content (AvgIpc) is 2.34. The van der Waals surface area contributed by atoms with E-state index in [1.165, 1.54) is 6.07 Å². The smallest absolute Gasteiger partial charge is 0.254 e. The summed E-state index contributed by atoms with van der Waals surface area (Å²) < 4.78 is 5.54. The maximum atomic E-state index is 11.4. The van der Waals surface area contributed by atoms with E-state index in [2.05, 4.69) is 28.7 Å². The highest BCUT2D eigenvalue weighted by atomic mass is 16.5. The van der Waals surface area contributed by atoms with Gasteiger partial charge in [-0.1, -0.05) is 27.7 Å². The molecule has 102 valence electrons. The van der Waals surface area contributed by atoms with Gasteiger partial charge in [-0.05, 0) is 13.1 Å². The fraction of sp³-hybridized carbons (Fsp3) is 0.692. The van der Waals surface area contributed by atoms with Crippen molar-refractivity contribution in [3.63, 3.8) is 0 Å². The summed E-state index contributed by atoms with van der Waals surface area (Å²) in [6, 6.07) is 1.40. The molecule has 1 rings (SSSR count). The lowest BCUT2D eigenvalue weighted by atomic mass is 10.2. The van der Waals surface area contributed by atoms with Gasteiger partial charge in [0.05, 0.1) is 6.07 Å². The first-order valence-electron chi connectivity index (χ1n) is 6.53. The molecular weight excluding hydrogens is 230 g/mol. The van der Waals surface area contributed by atoms with Crippen molar-refractivity contribution in [1.29, 1.82) is 0 Å². The molecule has 0 radical (unpaired) electrons. The molecule has 1 heterocycles. The number of hydrogen-bond acceptors (Lipinski definition) is 4. The Bertz CT molecular complexity index is 411. The molecular formula is C13H23N3O2. The second-order valence-corrected chi connectivity index (χ2v) is 4.50. The number of H-pyrrole nitrogens is 1. The number of hydrogen-bond donors (Lipinski definition) is 1. The van der Waals surface area contributed by atoms with Crippen LogP contribution in [-0.2, 0) is 0 Å². The minimum absolute atomic E-state index is 0.161. The molecule has 1 aromatic heterocycles. The van der Waals surface area contributed by atoms with Gasteiger partial charge in [0, 0.05) is 12.5 Å². The predicted molar refractivity (Wildman–Crippen MR) is 72.2 cm³/mol. The Morgan fingerprint density at radius 2 is 2.06 bits per heavy atom. The molecule has 5 nitrogen and oxygen atoms in total. The summed E-state index contributed by atoms with van der Waals surface area (Å²) in [5, 5.41) is 0. The summed E-state index contributed by atoms with van der Waals surface area (Å²) in [6.07, 6.45) is 0. The lowest BCUT2D eigenvalue weighted by molar-refractivity contribution is 0.217. The quantitative estimate of drug-likeness (QED) is 0.802. The van der Waals surface area contributed by atoms with Gasteiger partial charge in [-0.15, -0.1) is 0 Å². The standard InChI is InChI=1S/C13H23N3O2/c1-5-16(6-2)7-8-18-12-9-11(17)14-13(15-12)10(3)4/h9-10H,5-8H2,1-4H3,(H,14,15,17). The maximum Gasteiger partial charge on any atom is 0.254 e. The summed E-state index contributed by atoms with van der Waals surface area (Å²) in [5.41, 5.74) is -0.161. The molecule has 0 amide bonds. The molecule has 0 saturated heterocycles. The van der Waals surface area contributed by atoms with Crippen molar-refractivity contribution in [2.45, 2.75) is 33.6 Å².